The van der Waals surface area contributed by atoms with Gasteiger partial charge in [0.05, 0.1) is 59.6 Å². The average Bonchev–Trinajstić information content (AvgIpc) is 2.78. The highest BCUT2D eigenvalue weighted by Gasteiger charge is 2.20. The zero-order chi connectivity index (χ0) is 20.5. The molecule has 1 aliphatic heterocycles. The van der Waals surface area contributed by atoms with Gasteiger partial charge in [-0.15, -0.1) is 0 Å². The summed E-state index contributed by atoms with van der Waals surface area (Å²) in [6, 6.07) is 15.9. The molecule has 1 aliphatic rings. The number of nitrogens with one attached hydrogen (secondary N) is 2. The van der Waals surface area contributed by atoms with E-state index in [1.165, 1.54) is 10.6 Å². The number of amides is 1. The van der Waals surface area contributed by atoms with Crippen LogP contribution in [0.3, 0.4) is 0 Å². The molecule has 1 fully saturated rings. The zero-order valence-corrected chi connectivity index (χ0v) is 17.1. The van der Waals surface area contributed by atoms with E-state index in [1.54, 1.807) is 26.5 Å². The maximum absolute atomic E-state index is 12.1. The van der Waals surface area contributed by atoms with E-state index in [0.717, 1.165) is 38.3 Å². The van der Waals surface area contributed by atoms with Crippen molar-refractivity contribution in [3.8, 4) is 11.5 Å². The Bertz CT molecular complexity index is 818. The minimum atomic E-state index is -0.0697. The van der Waals surface area contributed by atoms with Gasteiger partial charge in [0, 0.05) is 5.69 Å². The fourth-order valence-corrected chi connectivity index (χ4v) is 3.43. The van der Waals surface area contributed by atoms with Gasteiger partial charge in [-0.25, -0.2) is 5.43 Å². The van der Waals surface area contributed by atoms with Crippen molar-refractivity contribution in [2.24, 2.45) is 5.10 Å². The third-order valence-electron chi connectivity index (χ3n) is 5.11. The lowest BCUT2D eigenvalue weighted by Gasteiger charge is -2.33. The van der Waals surface area contributed by atoms with Gasteiger partial charge in [-0.1, -0.05) is 18.2 Å². The van der Waals surface area contributed by atoms with Gasteiger partial charge in [-0.3, -0.25) is 4.79 Å². The van der Waals surface area contributed by atoms with Crippen LogP contribution < -0.4 is 24.7 Å². The van der Waals surface area contributed by atoms with Crippen LogP contribution in [0.15, 0.2) is 53.6 Å². The molecule has 2 aromatic carbocycles. The predicted molar refractivity (Wildman–Crippen MR) is 114 cm³/mol. The van der Waals surface area contributed by atoms with Crippen molar-refractivity contribution >= 4 is 17.8 Å². The largest absolute Gasteiger partial charge is 0.493 e. The van der Waals surface area contributed by atoms with E-state index in [0.29, 0.717) is 17.9 Å². The fourth-order valence-electron chi connectivity index (χ4n) is 3.43. The number of rotatable bonds is 8. The van der Waals surface area contributed by atoms with E-state index in [2.05, 4.69) is 39.7 Å². The van der Waals surface area contributed by atoms with Crippen LogP contribution in [0.2, 0.25) is 0 Å². The van der Waals surface area contributed by atoms with Gasteiger partial charge >= 0.3 is 0 Å². The van der Waals surface area contributed by atoms with Gasteiger partial charge in [0.2, 0.25) is 5.91 Å². The van der Waals surface area contributed by atoms with Crippen LogP contribution in [0.1, 0.15) is 12.0 Å². The summed E-state index contributed by atoms with van der Waals surface area (Å²) < 4.78 is 10.5. The number of nitrogens with zero attached hydrogens (tertiary/aromatic N) is 2. The van der Waals surface area contributed by atoms with Crippen molar-refractivity contribution in [1.82, 2.24) is 5.43 Å². The Kier molecular flexibility index (Phi) is 7.47. The number of hydrogen-bond acceptors (Lipinski definition) is 5. The number of para-hydroxylation sites is 1. The first-order valence-corrected chi connectivity index (χ1v) is 9.87. The summed E-state index contributed by atoms with van der Waals surface area (Å²) in [7, 11) is 3.18. The minimum Gasteiger partial charge on any atom is -0.493 e. The molecule has 29 heavy (non-hydrogen) atoms. The number of anilines is 1. The van der Waals surface area contributed by atoms with Gasteiger partial charge in [-0.05, 0) is 35.9 Å². The van der Waals surface area contributed by atoms with Crippen molar-refractivity contribution < 1.29 is 19.2 Å². The average molecular weight is 397 g/mol. The topological polar surface area (TPSA) is 67.6 Å². The van der Waals surface area contributed by atoms with Crippen LogP contribution in [0.5, 0.6) is 11.5 Å². The molecule has 0 unspecified atom stereocenters. The normalized spacial score (nSPS) is 14.8. The van der Waals surface area contributed by atoms with Crippen LogP contribution >= 0.6 is 0 Å². The number of carbonyl (C=O) groups excluding carboxylic acids is 1. The predicted octanol–water partition coefficient (Wildman–Crippen LogP) is 0.949. The Morgan fingerprint density at radius 3 is 2.52 bits per heavy atom. The maximum atomic E-state index is 12.1. The molecule has 0 aliphatic carbocycles. The molecule has 0 aromatic heterocycles. The monoisotopic (exact) mass is 397 g/mol. The number of methoxy groups -OCH3 is 2. The quantitative estimate of drug-likeness (QED) is 0.514. The molecule has 0 saturated carbocycles. The Morgan fingerprint density at radius 1 is 1.10 bits per heavy atom. The fraction of sp³-hybridized carbons (Fsp3) is 0.364. The molecule has 1 heterocycles. The Morgan fingerprint density at radius 2 is 1.83 bits per heavy atom. The second kappa shape index (κ2) is 10.5. The zero-order valence-electron chi connectivity index (χ0n) is 17.1. The summed E-state index contributed by atoms with van der Waals surface area (Å²) >= 11 is 0. The van der Waals surface area contributed by atoms with E-state index in [-0.39, 0.29) is 5.91 Å². The molecule has 154 valence electrons. The third-order valence-corrected chi connectivity index (χ3v) is 5.11. The van der Waals surface area contributed by atoms with E-state index in [4.69, 9.17) is 9.47 Å². The number of ether oxygens (including phenoxy) is 2. The highest BCUT2D eigenvalue weighted by atomic mass is 16.5. The molecule has 0 atom stereocenters. The first-order chi connectivity index (χ1) is 14.2. The Labute approximate surface area is 171 Å². The third kappa shape index (κ3) is 5.96. The number of piperazine rings is 1. The Balaban J connectivity index is 1.39. The van der Waals surface area contributed by atoms with E-state index in [1.807, 2.05) is 18.2 Å². The molecule has 2 aromatic rings. The molecule has 0 bridgehead atoms. The van der Waals surface area contributed by atoms with Gasteiger partial charge in [0.15, 0.2) is 11.5 Å². The second-order valence-electron chi connectivity index (χ2n) is 6.98. The first kappa shape index (κ1) is 20.7. The highest BCUT2D eigenvalue weighted by Crippen LogP contribution is 2.26. The Hall–Kier alpha value is -3.06. The summed E-state index contributed by atoms with van der Waals surface area (Å²) in [5.74, 6) is 1.21. The van der Waals surface area contributed by atoms with Gasteiger partial charge in [0.25, 0.3) is 0 Å². The summed E-state index contributed by atoms with van der Waals surface area (Å²) in [6.45, 7) is 4.92. The highest BCUT2D eigenvalue weighted by molar-refractivity contribution is 5.83. The number of carbonyl (C=O) groups is 1. The molecule has 7 nitrogen and oxygen atoms in total. The lowest BCUT2D eigenvalue weighted by molar-refractivity contribution is -0.900. The van der Waals surface area contributed by atoms with Crippen LogP contribution in [-0.4, -0.2) is 59.1 Å². The molecule has 1 saturated heterocycles. The van der Waals surface area contributed by atoms with Crippen molar-refractivity contribution in [2.75, 3.05) is 51.8 Å². The molecule has 0 radical (unpaired) electrons. The SMILES string of the molecule is COc1ccc(C=NNC(=O)CC[NH+]2CCN(c3ccccc3)CC2)cc1OC. The van der Waals surface area contributed by atoms with Gasteiger partial charge in [-0.2, -0.15) is 5.10 Å². The first-order valence-electron chi connectivity index (χ1n) is 9.87. The molecule has 2 N–H and O–H groups in total. The molecular formula is C22H29N4O3+. The van der Waals surface area contributed by atoms with Crippen molar-refractivity contribution in [3.05, 3.63) is 54.1 Å². The van der Waals surface area contributed by atoms with Crippen LogP contribution in [0.25, 0.3) is 0 Å². The minimum absolute atomic E-state index is 0.0697. The lowest BCUT2D eigenvalue weighted by Crippen LogP contribution is -3.15. The summed E-state index contributed by atoms with van der Waals surface area (Å²) in [5, 5.41) is 4.05. The van der Waals surface area contributed by atoms with Crippen LogP contribution in [0, 0.1) is 0 Å². The summed E-state index contributed by atoms with van der Waals surface area (Å²) in [4.78, 5) is 15.9. The van der Waals surface area contributed by atoms with E-state index >= 15 is 0 Å². The molecule has 1 amide bonds. The van der Waals surface area contributed by atoms with Crippen molar-refractivity contribution in [2.45, 2.75) is 6.42 Å². The van der Waals surface area contributed by atoms with Crippen molar-refractivity contribution in [3.63, 3.8) is 0 Å². The van der Waals surface area contributed by atoms with Gasteiger partial charge in [0.1, 0.15) is 0 Å². The van der Waals surface area contributed by atoms with E-state index < -0.39 is 0 Å². The molecule has 0 spiro atoms. The van der Waals surface area contributed by atoms with E-state index in [9.17, 15) is 4.79 Å². The number of hydrazone groups is 1. The van der Waals surface area contributed by atoms with Crippen molar-refractivity contribution in [1.29, 1.82) is 0 Å². The number of benzene rings is 2. The maximum Gasteiger partial charge on any atom is 0.245 e. The summed E-state index contributed by atoms with van der Waals surface area (Å²) in [6.07, 6.45) is 2.06. The van der Waals surface area contributed by atoms with Crippen LogP contribution in [-0.2, 0) is 4.79 Å². The standard InChI is InChI=1S/C22H28N4O3/c1-28-20-9-8-18(16-21(20)29-2)17-23-24-22(27)10-11-25-12-14-26(15-13-25)19-6-4-3-5-7-19/h3-9,16-17H,10-15H2,1-2H3,(H,24,27)/p+1. The van der Waals surface area contributed by atoms with Crippen LogP contribution in [0.4, 0.5) is 5.69 Å². The number of quaternary nitrogens is 1. The number of hydrogen-bond donors (Lipinski definition) is 2. The molecular weight excluding hydrogens is 368 g/mol. The lowest BCUT2D eigenvalue weighted by atomic mass is 10.2. The molecule has 3 rings (SSSR count). The second-order valence-corrected chi connectivity index (χ2v) is 6.98. The van der Waals surface area contributed by atoms with Gasteiger partial charge < -0.3 is 19.3 Å². The smallest absolute Gasteiger partial charge is 0.245 e. The summed E-state index contributed by atoms with van der Waals surface area (Å²) in [5.41, 5.74) is 4.70. The molecule has 7 heteroatoms.